The van der Waals surface area contributed by atoms with E-state index in [2.05, 4.69) is 37.4 Å². The molecule has 2 saturated heterocycles. The summed E-state index contributed by atoms with van der Waals surface area (Å²) in [6.45, 7) is 8.01. The number of amides is 1. The summed E-state index contributed by atoms with van der Waals surface area (Å²) in [5.74, 6) is 1.82. The van der Waals surface area contributed by atoms with Crippen molar-refractivity contribution in [1.82, 2.24) is 14.9 Å². The molecule has 8 heteroatoms. The minimum atomic E-state index is 0.103. The number of halogens is 1. The number of hydrogen-bond acceptors (Lipinski definition) is 6. The van der Waals surface area contributed by atoms with E-state index in [4.69, 9.17) is 9.72 Å². The van der Waals surface area contributed by atoms with E-state index in [0.29, 0.717) is 26.3 Å². The van der Waals surface area contributed by atoms with E-state index < -0.39 is 0 Å². The van der Waals surface area contributed by atoms with Gasteiger partial charge in [-0.15, -0.1) is 0 Å². The molecule has 3 heterocycles. The van der Waals surface area contributed by atoms with Crippen LogP contribution in [0.2, 0.25) is 0 Å². The van der Waals surface area contributed by atoms with E-state index in [1.807, 2.05) is 42.2 Å². The molecule has 2 aliphatic heterocycles. The van der Waals surface area contributed by atoms with E-state index in [0.717, 1.165) is 52.8 Å². The quantitative estimate of drug-likeness (QED) is 0.612. The topological polar surface area (TPSA) is 61.8 Å². The first-order valence-corrected chi connectivity index (χ1v) is 10.7. The van der Waals surface area contributed by atoms with E-state index in [1.165, 1.54) is 0 Å². The standard InChI is InChI=1S/C20H24IN5O2/c1-15-13-18(23-20(22-15)26-9-11-28-12-10-26)24-5-7-25(8-6-24)19(27)16-3-2-4-17(21)14-16/h2-4,13-14H,5-12H2,1H3. The van der Waals surface area contributed by atoms with Crippen LogP contribution in [0.5, 0.6) is 0 Å². The molecule has 0 aliphatic carbocycles. The Kier molecular flexibility index (Phi) is 5.96. The van der Waals surface area contributed by atoms with Gasteiger partial charge in [0.15, 0.2) is 0 Å². The maximum absolute atomic E-state index is 12.8. The number of aromatic nitrogens is 2. The maximum Gasteiger partial charge on any atom is 0.254 e. The molecule has 2 fully saturated rings. The average molecular weight is 493 g/mol. The third-order valence-corrected chi connectivity index (χ3v) is 5.76. The Hall–Kier alpha value is -1.94. The molecule has 0 spiro atoms. The molecule has 1 amide bonds. The number of piperazine rings is 1. The minimum absolute atomic E-state index is 0.103. The van der Waals surface area contributed by atoms with Gasteiger partial charge in [0, 0.05) is 60.2 Å². The Morgan fingerprint density at radius 1 is 1.00 bits per heavy atom. The first-order valence-electron chi connectivity index (χ1n) is 9.58. The Labute approximate surface area is 178 Å². The van der Waals surface area contributed by atoms with Gasteiger partial charge in [-0.05, 0) is 47.7 Å². The summed E-state index contributed by atoms with van der Waals surface area (Å²) < 4.78 is 6.51. The van der Waals surface area contributed by atoms with Gasteiger partial charge in [-0.25, -0.2) is 4.98 Å². The first kappa shape index (κ1) is 19.4. The van der Waals surface area contributed by atoms with Gasteiger partial charge in [-0.1, -0.05) is 6.07 Å². The third-order valence-electron chi connectivity index (χ3n) is 5.09. The second-order valence-corrected chi connectivity index (χ2v) is 8.30. The molecule has 7 nitrogen and oxygen atoms in total. The van der Waals surface area contributed by atoms with Crippen molar-refractivity contribution >= 4 is 40.3 Å². The SMILES string of the molecule is Cc1cc(N2CCN(C(=O)c3cccc(I)c3)CC2)nc(N2CCOCC2)n1. The maximum atomic E-state index is 12.8. The highest BCUT2D eigenvalue weighted by molar-refractivity contribution is 14.1. The fourth-order valence-corrected chi connectivity index (χ4v) is 4.09. The summed E-state index contributed by atoms with van der Waals surface area (Å²) in [4.78, 5) is 28.5. The van der Waals surface area contributed by atoms with Crippen molar-refractivity contribution in [2.75, 3.05) is 62.3 Å². The van der Waals surface area contributed by atoms with Gasteiger partial charge in [0.2, 0.25) is 5.95 Å². The van der Waals surface area contributed by atoms with Crippen LogP contribution in [0, 0.1) is 10.5 Å². The number of carbonyl (C=O) groups excluding carboxylic acids is 1. The summed E-state index contributed by atoms with van der Waals surface area (Å²) >= 11 is 2.24. The fourth-order valence-electron chi connectivity index (χ4n) is 3.55. The molecule has 0 bridgehead atoms. The Bertz CT molecular complexity index is 848. The number of anilines is 2. The Morgan fingerprint density at radius 3 is 2.46 bits per heavy atom. The number of carbonyl (C=O) groups is 1. The van der Waals surface area contributed by atoms with Crippen molar-refractivity contribution in [3.8, 4) is 0 Å². The van der Waals surface area contributed by atoms with Crippen molar-refractivity contribution in [3.05, 3.63) is 45.2 Å². The molecule has 0 unspecified atom stereocenters. The lowest BCUT2D eigenvalue weighted by molar-refractivity contribution is 0.0746. The molecule has 0 radical (unpaired) electrons. The lowest BCUT2D eigenvalue weighted by Gasteiger charge is -2.36. The second kappa shape index (κ2) is 8.60. The van der Waals surface area contributed by atoms with Crippen molar-refractivity contribution in [2.24, 2.45) is 0 Å². The lowest BCUT2D eigenvalue weighted by atomic mass is 10.2. The molecule has 1 aromatic carbocycles. The predicted octanol–water partition coefficient (Wildman–Crippen LogP) is 2.19. The van der Waals surface area contributed by atoms with Crippen LogP contribution in [0.3, 0.4) is 0 Å². The van der Waals surface area contributed by atoms with Crippen molar-refractivity contribution < 1.29 is 9.53 Å². The molecule has 2 aliphatic rings. The lowest BCUT2D eigenvalue weighted by Crippen LogP contribution is -2.49. The van der Waals surface area contributed by atoms with E-state index in [-0.39, 0.29) is 5.91 Å². The first-order chi connectivity index (χ1) is 13.6. The van der Waals surface area contributed by atoms with E-state index >= 15 is 0 Å². The zero-order valence-electron chi connectivity index (χ0n) is 16.0. The summed E-state index contributed by atoms with van der Waals surface area (Å²) in [5, 5.41) is 0. The smallest absolute Gasteiger partial charge is 0.254 e. The molecule has 148 valence electrons. The molecule has 2 aromatic rings. The highest BCUT2D eigenvalue weighted by atomic mass is 127. The van der Waals surface area contributed by atoms with Crippen LogP contribution >= 0.6 is 22.6 Å². The zero-order valence-corrected chi connectivity index (χ0v) is 18.1. The van der Waals surface area contributed by atoms with Crippen LogP contribution in [0.4, 0.5) is 11.8 Å². The normalized spacial score (nSPS) is 17.7. The van der Waals surface area contributed by atoms with Crippen molar-refractivity contribution in [3.63, 3.8) is 0 Å². The Balaban J connectivity index is 1.43. The number of rotatable bonds is 3. The number of nitrogens with zero attached hydrogens (tertiary/aromatic N) is 5. The largest absolute Gasteiger partial charge is 0.378 e. The third kappa shape index (κ3) is 4.38. The summed E-state index contributed by atoms with van der Waals surface area (Å²) in [6.07, 6.45) is 0. The summed E-state index contributed by atoms with van der Waals surface area (Å²) in [6, 6.07) is 9.79. The van der Waals surface area contributed by atoms with Crippen LogP contribution in [0.1, 0.15) is 16.1 Å². The van der Waals surface area contributed by atoms with Crippen LogP contribution < -0.4 is 9.80 Å². The van der Waals surface area contributed by atoms with Crippen molar-refractivity contribution in [2.45, 2.75) is 6.92 Å². The predicted molar refractivity (Wildman–Crippen MR) is 117 cm³/mol. The van der Waals surface area contributed by atoms with Crippen LogP contribution in [0.25, 0.3) is 0 Å². The monoisotopic (exact) mass is 493 g/mol. The van der Waals surface area contributed by atoms with Gasteiger partial charge in [0.05, 0.1) is 13.2 Å². The van der Waals surface area contributed by atoms with E-state index in [9.17, 15) is 4.79 Å². The van der Waals surface area contributed by atoms with E-state index in [1.54, 1.807) is 0 Å². The van der Waals surface area contributed by atoms with Gasteiger partial charge in [-0.3, -0.25) is 4.79 Å². The molecule has 0 N–H and O–H groups in total. The van der Waals surface area contributed by atoms with Crippen LogP contribution in [-0.4, -0.2) is 73.3 Å². The zero-order chi connectivity index (χ0) is 19.5. The minimum Gasteiger partial charge on any atom is -0.378 e. The van der Waals surface area contributed by atoms with Gasteiger partial charge in [-0.2, -0.15) is 4.98 Å². The highest BCUT2D eigenvalue weighted by Crippen LogP contribution is 2.20. The van der Waals surface area contributed by atoms with Crippen molar-refractivity contribution in [1.29, 1.82) is 0 Å². The molecule has 1 aromatic heterocycles. The number of benzene rings is 1. The summed E-state index contributed by atoms with van der Waals surface area (Å²) in [5.41, 5.74) is 1.72. The number of morpholine rings is 1. The molecule has 4 rings (SSSR count). The number of hydrogen-bond donors (Lipinski definition) is 0. The highest BCUT2D eigenvalue weighted by Gasteiger charge is 2.24. The number of aryl methyl sites for hydroxylation is 1. The van der Waals surface area contributed by atoms with Gasteiger partial charge in [0.1, 0.15) is 5.82 Å². The van der Waals surface area contributed by atoms with Crippen LogP contribution in [0.15, 0.2) is 30.3 Å². The Morgan fingerprint density at radius 2 is 1.75 bits per heavy atom. The molecular formula is C20H24IN5O2. The molecule has 0 saturated carbocycles. The summed E-state index contributed by atoms with van der Waals surface area (Å²) in [7, 11) is 0. The molecule has 28 heavy (non-hydrogen) atoms. The van der Waals surface area contributed by atoms with Gasteiger partial charge in [0.25, 0.3) is 5.91 Å². The fraction of sp³-hybridized carbons (Fsp3) is 0.450. The average Bonchev–Trinajstić information content (AvgIpc) is 2.73. The van der Waals surface area contributed by atoms with Gasteiger partial charge >= 0.3 is 0 Å². The van der Waals surface area contributed by atoms with Crippen LogP contribution in [-0.2, 0) is 4.74 Å². The van der Waals surface area contributed by atoms with Gasteiger partial charge < -0.3 is 19.4 Å². The molecule has 0 atom stereocenters. The second-order valence-electron chi connectivity index (χ2n) is 7.06. The molecular weight excluding hydrogens is 469 g/mol. The number of ether oxygens (including phenoxy) is 1.